The molecule has 0 bridgehead atoms. The molecule has 1 aromatic heterocycles. The van der Waals surface area contributed by atoms with Crippen molar-refractivity contribution in [2.45, 2.75) is 26.8 Å². The van der Waals surface area contributed by atoms with Crippen LogP contribution in [0, 0.1) is 0 Å². The molecule has 1 rings (SSSR count). The second kappa shape index (κ2) is 7.79. The Balaban J connectivity index is 2.75. The Bertz CT molecular complexity index is 338. The van der Waals surface area contributed by atoms with Gasteiger partial charge in [-0.3, -0.25) is 4.98 Å². The van der Waals surface area contributed by atoms with Crippen molar-refractivity contribution < 1.29 is 0 Å². The lowest BCUT2D eigenvalue weighted by Gasteiger charge is -2.21. The summed E-state index contributed by atoms with van der Waals surface area (Å²) in [6, 6.07) is 0. The average molecular weight is 234 g/mol. The monoisotopic (exact) mass is 234 g/mol. The summed E-state index contributed by atoms with van der Waals surface area (Å²) in [6.45, 7) is 11.5. The van der Waals surface area contributed by atoms with Crippen LogP contribution in [0.4, 0.5) is 5.82 Å². The molecule has 0 saturated carbocycles. The number of nitrogens with one attached hydrogen (secondary N) is 1. The summed E-state index contributed by atoms with van der Waals surface area (Å²) in [5.41, 5.74) is 0.981. The van der Waals surface area contributed by atoms with E-state index < -0.39 is 0 Å². The molecule has 0 atom stereocenters. The first-order valence-corrected chi connectivity index (χ1v) is 6.19. The lowest BCUT2D eigenvalue weighted by Crippen LogP contribution is -2.26. The minimum atomic E-state index is 0.769. The van der Waals surface area contributed by atoms with Crippen LogP contribution in [0.5, 0.6) is 0 Å². The maximum atomic E-state index is 4.60. The Labute approximate surface area is 104 Å². The molecule has 4 heteroatoms. The summed E-state index contributed by atoms with van der Waals surface area (Å²) in [4.78, 5) is 11.0. The fraction of sp³-hybridized carbons (Fsp3) is 0.538. The molecule has 17 heavy (non-hydrogen) atoms. The van der Waals surface area contributed by atoms with Crippen LogP contribution in [0.3, 0.4) is 0 Å². The van der Waals surface area contributed by atoms with Gasteiger partial charge in [-0.2, -0.15) is 0 Å². The summed E-state index contributed by atoms with van der Waals surface area (Å²) in [5.74, 6) is 0.933. The van der Waals surface area contributed by atoms with Crippen molar-refractivity contribution in [2.75, 3.05) is 24.5 Å². The van der Waals surface area contributed by atoms with Crippen molar-refractivity contribution in [1.29, 1.82) is 0 Å². The average Bonchev–Trinajstić information content (AvgIpc) is 2.36. The third kappa shape index (κ3) is 4.53. The van der Waals surface area contributed by atoms with E-state index >= 15 is 0 Å². The third-order valence-electron chi connectivity index (χ3n) is 2.39. The number of anilines is 1. The van der Waals surface area contributed by atoms with E-state index in [1.807, 2.05) is 18.5 Å². The molecule has 0 unspecified atom stereocenters. The fourth-order valence-corrected chi connectivity index (χ4v) is 1.61. The molecule has 0 fully saturated rings. The Morgan fingerprint density at radius 2 is 2.24 bits per heavy atom. The number of rotatable bonds is 8. The predicted octanol–water partition coefficient (Wildman–Crippen LogP) is 1.99. The second-order valence-electron chi connectivity index (χ2n) is 3.88. The Morgan fingerprint density at radius 3 is 2.88 bits per heavy atom. The molecule has 0 amide bonds. The van der Waals surface area contributed by atoms with Crippen LogP contribution in [0.2, 0.25) is 0 Å². The van der Waals surface area contributed by atoms with Crippen molar-refractivity contribution in [1.82, 2.24) is 15.3 Å². The number of aromatic nitrogens is 2. The van der Waals surface area contributed by atoms with E-state index in [1.54, 1.807) is 0 Å². The molecule has 94 valence electrons. The summed E-state index contributed by atoms with van der Waals surface area (Å²) in [7, 11) is 0. The van der Waals surface area contributed by atoms with Gasteiger partial charge in [-0.25, -0.2) is 4.98 Å². The summed E-state index contributed by atoms with van der Waals surface area (Å²) >= 11 is 0. The SMILES string of the molecule is C=CCN(CCC)c1cncc(CNCC)n1. The van der Waals surface area contributed by atoms with Gasteiger partial charge in [-0.1, -0.05) is 19.9 Å². The van der Waals surface area contributed by atoms with E-state index in [4.69, 9.17) is 0 Å². The Morgan fingerprint density at radius 1 is 1.41 bits per heavy atom. The molecular weight excluding hydrogens is 212 g/mol. The number of nitrogens with zero attached hydrogens (tertiary/aromatic N) is 3. The molecule has 0 saturated heterocycles. The van der Waals surface area contributed by atoms with Crippen LogP contribution < -0.4 is 10.2 Å². The first kappa shape index (κ1) is 13.6. The van der Waals surface area contributed by atoms with E-state index in [0.29, 0.717) is 0 Å². The summed E-state index contributed by atoms with van der Waals surface area (Å²) in [5, 5.41) is 3.25. The highest BCUT2D eigenvalue weighted by Crippen LogP contribution is 2.10. The van der Waals surface area contributed by atoms with Crippen molar-refractivity contribution in [3.05, 3.63) is 30.7 Å². The zero-order valence-corrected chi connectivity index (χ0v) is 10.8. The highest BCUT2D eigenvalue weighted by atomic mass is 15.2. The van der Waals surface area contributed by atoms with Gasteiger partial charge < -0.3 is 10.2 Å². The normalized spacial score (nSPS) is 10.2. The van der Waals surface area contributed by atoms with Gasteiger partial charge >= 0.3 is 0 Å². The smallest absolute Gasteiger partial charge is 0.147 e. The minimum Gasteiger partial charge on any atom is -0.352 e. The minimum absolute atomic E-state index is 0.769. The largest absolute Gasteiger partial charge is 0.352 e. The Kier molecular flexibility index (Phi) is 6.25. The van der Waals surface area contributed by atoms with E-state index in [1.165, 1.54) is 0 Å². The highest BCUT2D eigenvalue weighted by Gasteiger charge is 2.06. The first-order valence-electron chi connectivity index (χ1n) is 6.19. The standard InChI is InChI=1S/C13H22N4/c1-4-7-17(8-5-2)13-11-15-10-12(16-13)9-14-6-3/h4,10-11,14H,1,5-9H2,2-3H3. The predicted molar refractivity (Wildman–Crippen MR) is 72.1 cm³/mol. The quantitative estimate of drug-likeness (QED) is 0.698. The van der Waals surface area contributed by atoms with Gasteiger partial charge in [0.15, 0.2) is 0 Å². The molecule has 0 aromatic carbocycles. The molecule has 0 radical (unpaired) electrons. The van der Waals surface area contributed by atoms with Crippen LogP contribution in [0.15, 0.2) is 25.0 Å². The van der Waals surface area contributed by atoms with Gasteiger partial charge in [0.2, 0.25) is 0 Å². The van der Waals surface area contributed by atoms with Gasteiger partial charge in [0.05, 0.1) is 11.9 Å². The van der Waals surface area contributed by atoms with Crippen LogP contribution in [-0.4, -0.2) is 29.6 Å². The van der Waals surface area contributed by atoms with Gasteiger partial charge in [-0.15, -0.1) is 6.58 Å². The van der Waals surface area contributed by atoms with Gasteiger partial charge in [0.25, 0.3) is 0 Å². The summed E-state index contributed by atoms with van der Waals surface area (Å²) < 4.78 is 0. The van der Waals surface area contributed by atoms with Crippen molar-refractivity contribution in [2.24, 2.45) is 0 Å². The van der Waals surface area contributed by atoms with E-state index in [-0.39, 0.29) is 0 Å². The molecule has 1 N–H and O–H groups in total. The zero-order valence-electron chi connectivity index (χ0n) is 10.8. The molecule has 1 aromatic rings. The summed E-state index contributed by atoms with van der Waals surface area (Å²) in [6.07, 6.45) is 6.61. The molecule has 0 aliphatic rings. The van der Waals surface area contributed by atoms with E-state index in [0.717, 1.165) is 44.1 Å². The number of hydrogen-bond acceptors (Lipinski definition) is 4. The van der Waals surface area contributed by atoms with Crippen LogP contribution in [0.1, 0.15) is 26.0 Å². The van der Waals surface area contributed by atoms with Gasteiger partial charge in [0, 0.05) is 25.8 Å². The molecule has 4 nitrogen and oxygen atoms in total. The van der Waals surface area contributed by atoms with Crippen molar-refractivity contribution in [3.8, 4) is 0 Å². The van der Waals surface area contributed by atoms with E-state index in [9.17, 15) is 0 Å². The van der Waals surface area contributed by atoms with Crippen LogP contribution in [0.25, 0.3) is 0 Å². The maximum absolute atomic E-state index is 4.60. The fourth-order valence-electron chi connectivity index (χ4n) is 1.61. The molecule has 0 spiro atoms. The molecular formula is C13H22N4. The van der Waals surface area contributed by atoms with Gasteiger partial charge in [-0.05, 0) is 13.0 Å². The number of hydrogen-bond donors (Lipinski definition) is 1. The van der Waals surface area contributed by atoms with Crippen LogP contribution in [-0.2, 0) is 6.54 Å². The van der Waals surface area contributed by atoms with Crippen molar-refractivity contribution in [3.63, 3.8) is 0 Å². The van der Waals surface area contributed by atoms with Crippen molar-refractivity contribution >= 4 is 5.82 Å². The second-order valence-corrected chi connectivity index (χ2v) is 3.88. The highest BCUT2D eigenvalue weighted by molar-refractivity contribution is 5.37. The maximum Gasteiger partial charge on any atom is 0.147 e. The zero-order chi connectivity index (χ0) is 12.5. The Hall–Kier alpha value is -1.42. The molecule has 0 aliphatic heterocycles. The lowest BCUT2D eigenvalue weighted by atomic mass is 10.3. The molecule has 1 heterocycles. The topological polar surface area (TPSA) is 41.1 Å². The third-order valence-corrected chi connectivity index (χ3v) is 2.39. The van der Waals surface area contributed by atoms with Crippen LogP contribution >= 0.6 is 0 Å². The van der Waals surface area contributed by atoms with Gasteiger partial charge in [0.1, 0.15) is 5.82 Å². The van der Waals surface area contributed by atoms with E-state index in [2.05, 4.69) is 40.6 Å². The lowest BCUT2D eigenvalue weighted by molar-refractivity contribution is 0.702. The molecule has 0 aliphatic carbocycles. The first-order chi connectivity index (χ1) is 8.31.